The summed E-state index contributed by atoms with van der Waals surface area (Å²) >= 11 is 0. The maximum absolute atomic E-state index is 9.23. The summed E-state index contributed by atoms with van der Waals surface area (Å²) in [5.74, 6) is 0. The Morgan fingerprint density at radius 2 is 1.90 bits per heavy atom. The zero-order valence-corrected chi connectivity index (χ0v) is 12.3. The number of ether oxygens (including phenoxy) is 1. The van der Waals surface area contributed by atoms with E-state index in [1.165, 1.54) is 0 Å². The molecule has 0 N–H and O–H groups in total. The molecule has 2 aromatic carbocycles. The first kappa shape index (κ1) is 14.4. The number of fused-ring (bicyclic) bond motifs is 1. The molecule has 0 aliphatic carbocycles. The van der Waals surface area contributed by atoms with E-state index in [1.807, 2.05) is 30.3 Å². The molecule has 104 valence electrons. The van der Waals surface area contributed by atoms with Gasteiger partial charge in [0.15, 0.2) is 0 Å². The first-order valence-electron chi connectivity index (χ1n) is 6.90. The predicted molar refractivity (Wildman–Crippen MR) is 83.0 cm³/mol. The van der Waals surface area contributed by atoms with Gasteiger partial charge in [0.25, 0.3) is 0 Å². The normalized spacial score (nSPS) is 12.1. The van der Waals surface area contributed by atoms with Crippen LogP contribution in [0.5, 0.6) is 0 Å². The minimum absolute atomic E-state index is 0.293. The molecular formula is C17H20N2O. The van der Waals surface area contributed by atoms with E-state index in [9.17, 15) is 5.26 Å². The smallest absolute Gasteiger partial charge is 0.0998 e. The second-order valence-corrected chi connectivity index (χ2v) is 4.88. The number of likely N-dealkylation sites (N-methyl/N-ethyl adjacent to an activating group) is 1. The second-order valence-electron chi connectivity index (χ2n) is 4.88. The quantitative estimate of drug-likeness (QED) is 0.831. The lowest BCUT2D eigenvalue weighted by Gasteiger charge is -2.31. The summed E-state index contributed by atoms with van der Waals surface area (Å²) in [6, 6.07) is 14.6. The molecule has 3 nitrogen and oxygen atoms in total. The Morgan fingerprint density at radius 1 is 1.20 bits per heavy atom. The highest BCUT2D eigenvalue weighted by molar-refractivity contribution is 5.97. The molecular weight excluding hydrogens is 248 g/mol. The van der Waals surface area contributed by atoms with Crippen LogP contribution >= 0.6 is 0 Å². The Labute approximate surface area is 120 Å². The molecule has 0 spiro atoms. The van der Waals surface area contributed by atoms with Crippen LogP contribution in [0.1, 0.15) is 19.4 Å². The lowest BCUT2D eigenvalue weighted by atomic mass is 10.0. The molecule has 2 rings (SSSR count). The van der Waals surface area contributed by atoms with Crippen LogP contribution < -0.4 is 4.90 Å². The number of nitriles is 1. The molecule has 0 aliphatic heterocycles. The first-order chi connectivity index (χ1) is 9.72. The lowest BCUT2D eigenvalue weighted by molar-refractivity contribution is 0.182. The van der Waals surface area contributed by atoms with Crippen molar-refractivity contribution in [2.24, 2.45) is 0 Å². The van der Waals surface area contributed by atoms with Gasteiger partial charge in [0.05, 0.1) is 18.2 Å². The molecule has 0 radical (unpaired) electrons. The van der Waals surface area contributed by atoms with Crippen LogP contribution in [-0.4, -0.2) is 26.3 Å². The summed E-state index contributed by atoms with van der Waals surface area (Å²) in [5, 5.41) is 11.4. The summed E-state index contributed by atoms with van der Waals surface area (Å²) < 4.78 is 5.27. The highest BCUT2D eigenvalue weighted by Gasteiger charge is 2.16. The van der Waals surface area contributed by atoms with Crippen molar-refractivity contribution in [2.45, 2.75) is 19.9 Å². The Balaban J connectivity index is 2.57. The Hall–Kier alpha value is -2.05. The van der Waals surface area contributed by atoms with Crippen molar-refractivity contribution in [3.63, 3.8) is 0 Å². The van der Waals surface area contributed by atoms with Crippen LogP contribution in [0.4, 0.5) is 5.69 Å². The van der Waals surface area contributed by atoms with Gasteiger partial charge in [0.2, 0.25) is 0 Å². The van der Waals surface area contributed by atoms with Gasteiger partial charge in [-0.1, -0.05) is 24.3 Å². The predicted octanol–water partition coefficient (Wildman–Crippen LogP) is 3.57. The van der Waals surface area contributed by atoms with Crippen molar-refractivity contribution in [3.8, 4) is 6.07 Å². The van der Waals surface area contributed by atoms with Crippen LogP contribution in [0.3, 0.4) is 0 Å². The number of hydrogen-bond acceptors (Lipinski definition) is 3. The van der Waals surface area contributed by atoms with Gasteiger partial charge in [-0.25, -0.2) is 0 Å². The largest absolute Gasteiger partial charge is 0.383 e. The average Bonchev–Trinajstić information content (AvgIpc) is 2.48. The van der Waals surface area contributed by atoms with E-state index in [0.717, 1.165) is 28.6 Å². The molecule has 1 atom stereocenters. The van der Waals surface area contributed by atoms with E-state index in [2.05, 4.69) is 30.9 Å². The van der Waals surface area contributed by atoms with Gasteiger partial charge >= 0.3 is 0 Å². The van der Waals surface area contributed by atoms with Crippen LogP contribution in [0, 0.1) is 11.3 Å². The maximum atomic E-state index is 9.23. The van der Waals surface area contributed by atoms with Crippen molar-refractivity contribution < 1.29 is 4.74 Å². The minimum atomic E-state index is 0.293. The summed E-state index contributed by atoms with van der Waals surface area (Å²) in [6.07, 6.45) is 0. The van der Waals surface area contributed by atoms with Gasteiger partial charge in [-0.3, -0.25) is 0 Å². The fourth-order valence-corrected chi connectivity index (χ4v) is 2.68. The van der Waals surface area contributed by atoms with Crippen molar-refractivity contribution >= 4 is 16.5 Å². The summed E-state index contributed by atoms with van der Waals surface area (Å²) in [6.45, 7) is 5.88. The number of benzene rings is 2. The van der Waals surface area contributed by atoms with Crippen molar-refractivity contribution in [3.05, 3.63) is 42.0 Å². The molecule has 0 fully saturated rings. The summed E-state index contributed by atoms with van der Waals surface area (Å²) in [7, 11) is 1.72. The number of anilines is 1. The van der Waals surface area contributed by atoms with Crippen molar-refractivity contribution in [1.82, 2.24) is 0 Å². The number of nitrogens with zero attached hydrogens (tertiary/aromatic N) is 2. The third-order valence-electron chi connectivity index (χ3n) is 3.61. The van der Waals surface area contributed by atoms with Gasteiger partial charge in [-0.05, 0) is 26.0 Å². The maximum Gasteiger partial charge on any atom is 0.0998 e. The van der Waals surface area contributed by atoms with Crippen LogP contribution in [0.25, 0.3) is 10.8 Å². The molecule has 3 heteroatoms. The Bertz CT molecular complexity index is 630. The van der Waals surface area contributed by atoms with E-state index in [-0.39, 0.29) is 0 Å². The zero-order chi connectivity index (χ0) is 14.5. The van der Waals surface area contributed by atoms with E-state index < -0.39 is 0 Å². The van der Waals surface area contributed by atoms with Crippen molar-refractivity contribution in [1.29, 1.82) is 5.26 Å². The summed E-state index contributed by atoms with van der Waals surface area (Å²) in [5.41, 5.74) is 1.88. The Morgan fingerprint density at radius 3 is 2.50 bits per heavy atom. The average molecular weight is 268 g/mol. The monoisotopic (exact) mass is 268 g/mol. The van der Waals surface area contributed by atoms with Crippen LogP contribution in [-0.2, 0) is 4.74 Å². The van der Waals surface area contributed by atoms with Crippen molar-refractivity contribution in [2.75, 3.05) is 25.2 Å². The first-order valence-corrected chi connectivity index (χ1v) is 6.90. The van der Waals surface area contributed by atoms with Gasteiger partial charge < -0.3 is 9.64 Å². The van der Waals surface area contributed by atoms with E-state index >= 15 is 0 Å². The molecule has 0 bridgehead atoms. The van der Waals surface area contributed by atoms with Crippen LogP contribution in [0.15, 0.2) is 36.4 Å². The Kier molecular flexibility index (Phi) is 4.60. The molecule has 0 aromatic heterocycles. The van der Waals surface area contributed by atoms with Gasteiger partial charge in [0, 0.05) is 36.2 Å². The molecule has 0 amide bonds. The molecule has 0 saturated carbocycles. The molecule has 0 saturated heterocycles. The third-order valence-corrected chi connectivity index (χ3v) is 3.61. The van der Waals surface area contributed by atoms with Crippen LogP contribution in [0.2, 0.25) is 0 Å². The van der Waals surface area contributed by atoms with E-state index in [0.29, 0.717) is 12.6 Å². The fourth-order valence-electron chi connectivity index (χ4n) is 2.68. The number of methoxy groups -OCH3 is 1. The highest BCUT2D eigenvalue weighted by atomic mass is 16.5. The minimum Gasteiger partial charge on any atom is -0.383 e. The molecule has 2 aromatic rings. The summed E-state index contributed by atoms with van der Waals surface area (Å²) in [4.78, 5) is 2.31. The molecule has 1 unspecified atom stereocenters. The van der Waals surface area contributed by atoms with Gasteiger partial charge in [-0.2, -0.15) is 5.26 Å². The lowest BCUT2D eigenvalue weighted by Crippen LogP contribution is -2.36. The molecule has 20 heavy (non-hydrogen) atoms. The number of rotatable bonds is 5. The SMILES string of the molecule is CCN(c1ccc(C#N)c2ccccc12)C(C)COC. The zero-order valence-electron chi connectivity index (χ0n) is 12.3. The topological polar surface area (TPSA) is 36.3 Å². The van der Waals surface area contributed by atoms with E-state index in [4.69, 9.17) is 4.74 Å². The third kappa shape index (κ3) is 2.61. The highest BCUT2D eigenvalue weighted by Crippen LogP contribution is 2.30. The fraction of sp³-hybridized carbons (Fsp3) is 0.353. The number of hydrogen-bond donors (Lipinski definition) is 0. The standard InChI is InChI=1S/C17H20N2O/c1-4-19(13(2)12-20-3)17-10-9-14(11-18)15-7-5-6-8-16(15)17/h5-10,13H,4,12H2,1-3H3. The second kappa shape index (κ2) is 6.40. The molecule has 0 heterocycles. The molecule has 0 aliphatic rings. The van der Waals surface area contributed by atoms with E-state index in [1.54, 1.807) is 7.11 Å². The van der Waals surface area contributed by atoms with Gasteiger partial charge in [0.1, 0.15) is 0 Å². The van der Waals surface area contributed by atoms with Gasteiger partial charge in [-0.15, -0.1) is 0 Å².